The van der Waals surface area contributed by atoms with Crippen LogP contribution in [0.1, 0.15) is 50.8 Å². The molecule has 2 saturated heterocycles. The van der Waals surface area contributed by atoms with Gasteiger partial charge in [0.15, 0.2) is 0 Å². The van der Waals surface area contributed by atoms with Gasteiger partial charge in [0.25, 0.3) is 0 Å². The molecule has 0 spiro atoms. The Morgan fingerprint density at radius 1 is 0.909 bits per heavy atom. The van der Waals surface area contributed by atoms with E-state index in [0.717, 1.165) is 49.1 Å². The smallest absolute Gasteiger partial charge is 0.410 e. The summed E-state index contributed by atoms with van der Waals surface area (Å²) in [5.41, 5.74) is 2.00. The van der Waals surface area contributed by atoms with Gasteiger partial charge in [-0.05, 0) is 69.0 Å². The Morgan fingerprint density at radius 2 is 1.39 bits per heavy atom. The lowest BCUT2D eigenvalue weighted by molar-refractivity contribution is 0.0178. The summed E-state index contributed by atoms with van der Waals surface area (Å²) in [7, 11) is 0. The number of likely N-dealkylation sites (tertiary alicyclic amines) is 2. The van der Waals surface area contributed by atoms with E-state index < -0.39 is 5.60 Å². The highest BCUT2D eigenvalue weighted by Gasteiger charge is 2.36. The van der Waals surface area contributed by atoms with Gasteiger partial charge >= 0.3 is 6.09 Å². The molecule has 4 rings (SSSR count). The molecule has 0 aromatic heterocycles. The SMILES string of the molecule is CC(C)(C)OC(=O)N1CCC(NC2CN(C(c3ccc(Cl)cc3)c3ccc(Cl)cc3)C2)CC1. The van der Waals surface area contributed by atoms with Gasteiger partial charge in [0, 0.05) is 48.3 Å². The number of halogens is 2. The van der Waals surface area contributed by atoms with Crippen molar-refractivity contribution < 1.29 is 9.53 Å². The number of rotatable bonds is 5. The average Bonchev–Trinajstić information content (AvgIpc) is 2.73. The lowest BCUT2D eigenvalue weighted by atomic mass is 9.92. The van der Waals surface area contributed by atoms with Crippen LogP contribution in [0.5, 0.6) is 0 Å². The molecule has 0 aliphatic carbocycles. The minimum absolute atomic E-state index is 0.173. The van der Waals surface area contributed by atoms with Gasteiger partial charge in [-0.1, -0.05) is 47.5 Å². The predicted molar refractivity (Wildman–Crippen MR) is 134 cm³/mol. The Morgan fingerprint density at radius 3 is 1.85 bits per heavy atom. The molecule has 2 aliphatic rings. The van der Waals surface area contributed by atoms with E-state index >= 15 is 0 Å². The Balaban J connectivity index is 1.32. The van der Waals surface area contributed by atoms with Crippen LogP contribution in [0.4, 0.5) is 4.79 Å². The maximum atomic E-state index is 12.3. The predicted octanol–water partition coefficient (Wildman–Crippen LogP) is 5.76. The van der Waals surface area contributed by atoms with Crippen molar-refractivity contribution in [2.45, 2.75) is 57.3 Å². The maximum absolute atomic E-state index is 12.3. The van der Waals surface area contributed by atoms with Crippen molar-refractivity contribution in [3.63, 3.8) is 0 Å². The second-order valence-electron chi connectivity index (χ2n) is 10.1. The molecular formula is C26H33Cl2N3O2. The molecule has 0 saturated carbocycles. The molecule has 2 aromatic carbocycles. The third kappa shape index (κ3) is 6.42. The molecule has 0 atom stereocenters. The van der Waals surface area contributed by atoms with Crippen LogP contribution in [0, 0.1) is 0 Å². The maximum Gasteiger partial charge on any atom is 0.410 e. The van der Waals surface area contributed by atoms with E-state index in [4.69, 9.17) is 27.9 Å². The standard InChI is InChI=1S/C26H33Cl2N3O2/c1-26(2,3)33-25(32)30-14-12-22(13-15-30)29-23-16-31(17-23)24(18-4-8-20(27)9-5-18)19-6-10-21(28)11-7-19/h4-11,22-24,29H,12-17H2,1-3H3. The Labute approximate surface area is 207 Å². The molecule has 178 valence electrons. The van der Waals surface area contributed by atoms with Crippen molar-refractivity contribution in [1.82, 2.24) is 15.1 Å². The fraction of sp³-hybridized carbons (Fsp3) is 0.500. The molecule has 2 aromatic rings. The molecule has 1 amide bonds. The molecule has 33 heavy (non-hydrogen) atoms. The monoisotopic (exact) mass is 489 g/mol. The fourth-order valence-corrected chi connectivity index (χ4v) is 4.87. The van der Waals surface area contributed by atoms with E-state index in [2.05, 4.69) is 34.5 Å². The molecule has 2 aliphatic heterocycles. The summed E-state index contributed by atoms with van der Waals surface area (Å²) in [6.45, 7) is 9.14. The summed E-state index contributed by atoms with van der Waals surface area (Å²) in [4.78, 5) is 16.6. The van der Waals surface area contributed by atoms with Gasteiger partial charge in [-0.25, -0.2) is 4.79 Å². The summed E-state index contributed by atoms with van der Waals surface area (Å²) in [6.07, 6.45) is 1.70. The number of nitrogens with one attached hydrogen (secondary N) is 1. The number of carbonyl (C=O) groups excluding carboxylic acids is 1. The quantitative estimate of drug-likeness (QED) is 0.579. The molecule has 0 radical (unpaired) electrons. The van der Waals surface area contributed by atoms with Gasteiger partial charge in [-0.2, -0.15) is 0 Å². The molecule has 2 fully saturated rings. The van der Waals surface area contributed by atoms with Crippen LogP contribution in [0.15, 0.2) is 48.5 Å². The number of piperidine rings is 1. The Bertz CT molecular complexity index is 884. The van der Waals surface area contributed by atoms with Crippen LogP contribution in [0.2, 0.25) is 10.0 Å². The zero-order valence-electron chi connectivity index (χ0n) is 19.6. The Hall–Kier alpha value is -1.79. The van der Waals surface area contributed by atoms with Gasteiger partial charge in [0.2, 0.25) is 0 Å². The summed E-state index contributed by atoms with van der Waals surface area (Å²) >= 11 is 12.3. The molecule has 0 unspecified atom stereocenters. The van der Waals surface area contributed by atoms with Gasteiger partial charge in [0.1, 0.15) is 5.60 Å². The lowest BCUT2D eigenvalue weighted by Gasteiger charge is -2.47. The minimum atomic E-state index is -0.452. The van der Waals surface area contributed by atoms with Crippen LogP contribution in [0.3, 0.4) is 0 Å². The van der Waals surface area contributed by atoms with E-state index in [1.165, 1.54) is 11.1 Å². The van der Waals surface area contributed by atoms with E-state index in [1.807, 2.05) is 49.9 Å². The van der Waals surface area contributed by atoms with Crippen LogP contribution >= 0.6 is 23.2 Å². The van der Waals surface area contributed by atoms with E-state index in [0.29, 0.717) is 12.1 Å². The molecule has 0 bridgehead atoms. The van der Waals surface area contributed by atoms with Crippen molar-refractivity contribution >= 4 is 29.3 Å². The summed E-state index contributed by atoms with van der Waals surface area (Å²) < 4.78 is 5.51. The van der Waals surface area contributed by atoms with E-state index in [1.54, 1.807) is 0 Å². The van der Waals surface area contributed by atoms with Gasteiger partial charge < -0.3 is 15.0 Å². The third-order valence-corrected chi connectivity index (χ3v) is 6.77. The number of ether oxygens (including phenoxy) is 1. The zero-order chi connectivity index (χ0) is 23.6. The number of benzene rings is 2. The number of carbonyl (C=O) groups is 1. The van der Waals surface area contributed by atoms with Crippen molar-refractivity contribution in [3.05, 3.63) is 69.7 Å². The molecule has 1 N–H and O–H groups in total. The van der Waals surface area contributed by atoms with Gasteiger partial charge in [0.05, 0.1) is 6.04 Å². The first-order valence-corrected chi connectivity index (χ1v) is 12.4. The number of amides is 1. The average molecular weight is 490 g/mol. The third-order valence-electron chi connectivity index (χ3n) is 6.26. The minimum Gasteiger partial charge on any atom is -0.444 e. The summed E-state index contributed by atoms with van der Waals surface area (Å²) in [5, 5.41) is 5.30. The Kier molecular flexibility index (Phi) is 7.54. The molecular weight excluding hydrogens is 457 g/mol. The van der Waals surface area contributed by atoms with Crippen LogP contribution in [-0.2, 0) is 4.74 Å². The van der Waals surface area contributed by atoms with Crippen LogP contribution in [0.25, 0.3) is 0 Å². The molecule has 7 heteroatoms. The number of hydrogen-bond donors (Lipinski definition) is 1. The molecule has 2 heterocycles. The first-order chi connectivity index (χ1) is 15.7. The van der Waals surface area contributed by atoms with E-state index in [-0.39, 0.29) is 12.1 Å². The van der Waals surface area contributed by atoms with Crippen molar-refractivity contribution in [2.75, 3.05) is 26.2 Å². The fourth-order valence-electron chi connectivity index (χ4n) is 4.62. The van der Waals surface area contributed by atoms with Crippen LogP contribution in [-0.4, -0.2) is 59.8 Å². The first kappa shape index (κ1) is 24.3. The van der Waals surface area contributed by atoms with Crippen molar-refractivity contribution in [3.8, 4) is 0 Å². The van der Waals surface area contributed by atoms with Gasteiger partial charge in [-0.3, -0.25) is 4.90 Å². The molecule has 5 nitrogen and oxygen atoms in total. The summed E-state index contributed by atoms with van der Waals surface area (Å²) in [5.74, 6) is 0. The normalized spacial score (nSPS) is 18.4. The largest absolute Gasteiger partial charge is 0.444 e. The second-order valence-corrected chi connectivity index (χ2v) is 10.9. The number of hydrogen-bond acceptors (Lipinski definition) is 4. The highest BCUT2D eigenvalue weighted by atomic mass is 35.5. The van der Waals surface area contributed by atoms with E-state index in [9.17, 15) is 4.79 Å². The highest BCUT2D eigenvalue weighted by molar-refractivity contribution is 6.30. The number of nitrogens with zero attached hydrogens (tertiary/aromatic N) is 2. The second kappa shape index (κ2) is 10.2. The topological polar surface area (TPSA) is 44.8 Å². The lowest BCUT2D eigenvalue weighted by Crippen LogP contribution is -2.62. The summed E-state index contributed by atoms with van der Waals surface area (Å²) in [6, 6.07) is 17.3. The van der Waals surface area contributed by atoms with Gasteiger partial charge in [-0.15, -0.1) is 0 Å². The van der Waals surface area contributed by atoms with Crippen LogP contribution < -0.4 is 5.32 Å². The zero-order valence-corrected chi connectivity index (χ0v) is 21.1. The van der Waals surface area contributed by atoms with Crippen molar-refractivity contribution in [2.24, 2.45) is 0 Å². The van der Waals surface area contributed by atoms with Crippen molar-refractivity contribution in [1.29, 1.82) is 0 Å². The highest BCUT2D eigenvalue weighted by Crippen LogP contribution is 2.34. The first-order valence-electron chi connectivity index (χ1n) is 11.7.